The first-order chi connectivity index (χ1) is 11.3. The summed E-state index contributed by atoms with van der Waals surface area (Å²) in [5.41, 5.74) is -0.473. The Morgan fingerprint density at radius 3 is 2.58 bits per heavy atom. The highest BCUT2D eigenvalue weighted by Crippen LogP contribution is 2.32. The number of amides is 1. The summed E-state index contributed by atoms with van der Waals surface area (Å²) in [5, 5.41) is 9.59. The van der Waals surface area contributed by atoms with Crippen LogP contribution >= 0.6 is 0 Å². The second-order valence-electron chi connectivity index (χ2n) is 5.46. The van der Waals surface area contributed by atoms with Gasteiger partial charge in [-0.05, 0) is 24.3 Å². The predicted octanol–water partition coefficient (Wildman–Crippen LogP) is 2.90. The standard InChI is InChI=1S/C16H14F3N3O2/c1-21-7-8-22(10-3-2-4-11(23)9-10)15(24)12-5-6-13(16(17,18)19)20-14(12)21/h2-6,9,23H,7-8H2,1H3. The van der Waals surface area contributed by atoms with E-state index in [0.717, 1.165) is 12.1 Å². The molecule has 0 saturated carbocycles. The van der Waals surface area contributed by atoms with Crippen LogP contribution in [0.2, 0.25) is 0 Å². The molecule has 0 aliphatic carbocycles. The first-order valence-electron chi connectivity index (χ1n) is 7.17. The van der Waals surface area contributed by atoms with E-state index in [1.807, 2.05) is 0 Å². The number of hydrogen-bond donors (Lipinski definition) is 1. The molecule has 0 radical (unpaired) electrons. The van der Waals surface area contributed by atoms with Gasteiger partial charge in [0.25, 0.3) is 5.91 Å². The van der Waals surface area contributed by atoms with Crippen LogP contribution in [0.25, 0.3) is 0 Å². The van der Waals surface area contributed by atoms with Crippen LogP contribution in [0, 0.1) is 0 Å². The molecule has 2 aromatic rings. The molecule has 3 rings (SSSR count). The number of anilines is 2. The SMILES string of the molecule is CN1CCN(c2cccc(O)c2)C(=O)c2ccc(C(F)(F)F)nc21. The normalized spacial score (nSPS) is 15.2. The zero-order valence-corrected chi connectivity index (χ0v) is 12.7. The van der Waals surface area contributed by atoms with E-state index in [4.69, 9.17) is 0 Å². The molecule has 126 valence electrons. The molecule has 0 unspecified atom stereocenters. The number of nitrogens with zero attached hydrogens (tertiary/aromatic N) is 3. The number of likely N-dealkylation sites (N-methyl/N-ethyl adjacent to an activating group) is 1. The highest BCUT2D eigenvalue weighted by atomic mass is 19.4. The van der Waals surface area contributed by atoms with Crippen LogP contribution in [-0.4, -0.2) is 36.1 Å². The number of benzene rings is 1. The third-order valence-corrected chi connectivity index (χ3v) is 3.80. The number of halogens is 3. The first-order valence-corrected chi connectivity index (χ1v) is 7.17. The zero-order chi connectivity index (χ0) is 17.5. The van der Waals surface area contributed by atoms with Gasteiger partial charge in [0.1, 0.15) is 17.3 Å². The van der Waals surface area contributed by atoms with Crippen molar-refractivity contribution in [1.82, 2.24) is 4.98 Å². The lowest BCUT2D eigenvalue weighted by Gasteiger charge is -2.21. The van der Waals surface area contributed by atoms with Crippen molar-refractivity contribution >= 4 is 17.4 Å². The Kier molecular flexibility index (Phi) is 3.82. The van der Waals surface area contributed by atoms with Gasteiger partial charge in [0, 0.05) is 31.9 Å². The molecule has 0 fully saturated rings. The summed E-state index contributed by atoms with van der Waals surface area (Å²) in [6.45, 7) is 0.569. The van der Waals surface area contributed by atoms with Gasteiger partial charge in [-0.1, -0.05) is 6.07 Å². The molecule has 0 bridgehead atoms. The molecule has 1 aromatic heterocycles. The minimum absolute atomic E-state index is 0.00234. The van der Waals surface area contributed by atoms with Crippen LogP contribution in [0.5, 0.6) is 5.75 Å². The zero-order valence-electron chi connectivity index (χ0n) is 12.7. The lowest BCUT2D eigenvalue weighted by molar-refractivity contribution is -0.141. The van der Waals surface area contributed by atoms with Crippen molar-refractivity contribution < 1.29 is 23.1 Å². The van der Waals surface area contributed by atoms with E-state index in [2.05, 4.69) is 4.98 Å². The number of phenolic OH excluding ortho intramolecular Hbond substituents is 1. The third-order valence-electron chi connectivity index (χ3n) is 3.80. The number of aromatic nitrogens is 1. The molecular weight excluding hydrogens is 323 g/mol. The minimum atomic E-state index is -4.57. The van der Waals surface area contributed by atoms with Crippen LogP contribution in [0.4, 0.5) is 24.7 Å². The fraction of sp³-hybridized carbons (Fsp3) is 0.250. The second kappa shape index (κ2) is 5.70. The Labute approximate surface area is 135 Å². The van der Waals surface area contributed by atoms with E-state index in [-0.39, 0.29) is 23.7 Å². The highest BCUT2D eigenvalue weighted by molar-refractivity contribution is 6.09. The lowest BCUT2D eigenvalue weighted by Crippen LogP contribution is -2.33. The van der Waals surface area contributed by atoms with Gasteiger partial charge in [-0.2, -0.15) is 13.2 Å². The van der Waals surface area contributed by atoms with E-state index in [1.54, 1.807) is 19.2 Å². The number of carbonyl (C=O) groups is 1. The Bertz CT molecular complexity index is 792. The predicted molar refractivity (Wildman–Crippen MR) is 82.3 cm³/mol. The fourth-order valence-electron chi connectivity index (χ4n) is 2.57. The van der Waals surface area contributed by atoms with Crippen LogP contribution < -0.4 is 9.80 Å². The molecule has 0 atom stereocenters. The Morgan fingerprint density at radius 1 is 1.17 bits per heavy atom. The molecule has 1 N–H and O–H groups in total. The van der Waals surface area contributed by atoms with Crippen molar-refractivity contribution in [2.24, 2.45) is 0 Å². The smallest absolute Gasteiger partial charge is 0.433 e. The van der Waals surface area contributed by atoms with Gasteiger partial charge in [0.2, 0.25) is 0 Å². The number of phenols is 1. The summed E-state index contributed by atoms with van der Waals surface area (Å²) in [5.74, 6) is -0.456. The molecule has 0 spiro atoms. The van der Waals surface area contributed by atoms with E-state index in [0.29, 0.717) is 12.2 Å². The van der Waals surface area contributed by atoms with E-state index in [1.165, 1.54) is 21.9 Å². The van der Waals surface area contributed by atoms with E-state index >= 15 is 0 Å². The van der Waals surface area contributed by atoms with Gasteiger partial charge in [-0.3, -0.25) is 4.79 Å². The Balaban J connectivity index is 2.06. The van der Waals surface area contributed by atoms with Crippen LogP contribution in [0.1, 0.15) is 16.1 Å². The summed E-state index contributed by atoms with van der Waals surface area (Å²) in [4.78, 5) is 19.3. The molecule has 1 aliphatic heterocycles. The molecule has 1 amide bonds. The van der Waals surface area contributed by atoms with E-state index in [9.17, 15) is 23.1 Å². The number of pyridine rings is 1. The van der Waals surface area contributed by atoms with Gasteiger partial charge in [-0.15, -0.1) is 0 Å². The molecule has 2 heterocycles. The summed E-state index contributed by atoms with van der Waals surface area (Å²) in [6.07, 6.45) is -4.57. The van der Waals surface area contributed by atoms with Crippen molar-refractivity contribution in [1.29, 1.82) is 0 Å². The summed E-state index contributed by atoms with van der Waals surface area (Å²) < 4.78 is 38.6. The molecular formula is C16H14F3N3O2. The lowest BCUT2D eigenvalue weighted by atomic mass is 10.2. The molecule has 0 saturated heterocycles. The maximum absolute atomic E-state index is 12.9. The van der Waals surface area contributed by atoms with Gasteiger partial charge in [0.05, 0.1) is 5.56 Å². The average molecular weight is 337 g/mol. The van der Waals surface area contributed by atoms with Gasteiger partial charge < -0.3 is 14.9 Å². The number of rotatable bonds is 1. The highest BCUT2D eigenvalue weighted by Gasteiger charge is 2.35. The van der Waals surface area contributed by atoms with E-state index < -0.39 is 17.8 Å². The molecule has 1 aliphatic rings. The Hall–Kier alpha value is -2.77. The van der Waals surface area contributed by atoms with Crippen molar-refractivity contribution in [3.63, 3.8) is 0 Å². The monoisotopic (exact) mass is 337 g/mol. The van der Waals surface area contributed by atoms with Crippen LogP contribution in [-0.2, 0) is 6.18 Å². The number of fused-ring (bicyclic) bond motifs is 1. The van der Waals surface area contributed by atoms with Crippen molar-refractivity contribution in [2.75, 3.05) is 29.9 Å². The molecule has 5 nitrogen and oxygen atoms in total. The largest absolute Gasteiger partial charge is 0.508 e. The minimum Gasteiger partial charge on any atom is -0.508 e. The number of aromatic hydroxyl groups is 1. The van der Waals surface area contributed by atoms with Crippen molar-refractivity contribution in [2.45, 2.75) is 6.18 Å². The van der Waals surface area contributed by atoms with Gasteiger partial charge >= 0.3 is 6.18 Å². The topological polar surface area (TPSA) is 56.7 Å². The maximum atomic E-state index is 12.9. The summed E-state index contributed by atoms with van der Waals surface area (Å²) in [7, 11) is 1.59. The Morgan fingerprint density at radius 2 is 1.92 bits per heavy atom. The first kappa shape index (κ1) is 16.1. The fourth-order valence-corrected chi connectivity index (χ4v) is 2.57. The quantitative estimate of drug-likeness (QED) is 0.869. The third kappa shape index (κ3) is 2.86. The molecule has 8 heteroatoms. The van der Waals surface area contributed by atoms with Crippen molar-refractivity contribution in [3.8, 4) is 5.75 Å². The average Bonchev–Trinajstić information content (AvgIpc) is 2.64. The number of hydrogen-bond acceptors (Lipinski definition) is 4. The number of carbonyl (C=O) groups excluding carboxylic acids is 1. The molecule has 1 aromatic carbocycles. The van der Waals surface area contributed by atoms with Crippen molar-refractivity contribution in [3.05, 3.63) is 47.7 Å². The summed E-state index contributed by atoms with van der Waals surface area (Å²) in [6, 6.07) is 8.10. The second-order valence-corrected chi connectivity index (χ2v) is 5.46. The van der Waals surface area contributed by atoms with Gasteiger partial charge in [-0.25, -0.2) is 4.98 Å². The number of alkyl halides is 3. The maximum Gasteiger partial charge on any atom is 0.433 e. The van der Waals surface area contributed by atoms with Gasteiger partial charge in [0.15, 0.2) is 0 Å². The molecule has 24 heavy (non-hydrogen) atoms. The van der Waals surface area contributed by atoms with Crippen LogP contribution in [0.3, 0.4) is 0 Å². The van der Waals surface area contributed by atoms with Crippen LogP contribution in [0.15, 0.2) is 36.4 Å². The summed E-state index contributed by atoms with van der Waals surface area (Å²) >= 11 is 0.